The van der Waals surface area contributed by atoms with Crippen molar-refractivity contribution in [2.75, 3.05) is 19.4 Å². The highest BCUT2D eigenvalue weighted by Crippen LogP contribution is 2.38. The zero-order valence-corrected chi connectivity index (χ0v) is 21.1. The topological polar surface area (TPSA) is 93.5 Å². The average Bonchev–Trinajstić information content (AvgIpc) is 3.24. The highest BCUT2D eigenvalue weighted by atomic mass is 35.5. The number of methoxy groups -OCH3 is 1. The molecular formula is C26H23Cl2FN4O3. The summed E-state index contributed by atoms with van der Waals surface area (Å²) >= 11 is 12.4. The molecule has 1 aliphatic heterocycles. The number of hydrogen-bond donors (Lipinski definition) is 2. The molecule has 4 aromatic rings. The molecule has 0 saturated heterocycles. The lowest BCUT2D eigenvalue weighted by atomic mass is 10.0. The molecule has 3 heterocycles. The Morgan fingerprint density at radius 2 is 2.03 bits per heavy atom. The first-order chi connectivity index (χ1) is 17.3. The maximum Gasteiger partial charge on any atom is 0.409 e. The second kappa shape index (κ2) is 9.52. The molecule has 7 nitrogen and oxygen atoms in total. The van der Waals surface area contributed by atoms with E-state index in [2.05, 4.69) is 9.97 Å². The fraction of sp³-hybridized carbons (Fsp3) is 0.231. The Morgan fingerprint density at radius 3 is 2.81 bits per heavy atom. The molecule has 1 amide bonds. The third kappa shape index (κ3) is 4.31. The van der Waals surface area contributed by atoms with Gasteiger partial charge in [-0.05, 0) is 42.8 Å². The first kappa shape index (κ1) is 24.2. The Balaban J connectivity index is 1.48. The van der Waals surface area contributed by atoms with Crippen LogP contribution in [0.25, 0.3) is 22.0 Å². The molecule has 0 fully saturated rings. The number of pyridine rings is 1. The number of rotatable bonds is 4. The summed E-state index contributed by atoms with van der Waals surface area (Å²) in [6.07, 6.45) is 1.36. The minimum Gasteiger partial charge on any atom is -0.482 e. The number of H-pyrrole nitrogens is 1. The highest BCUT2D eigenvalue weighted by molar-refractivity contribution is 6.36. The van der Waals surface area contributed by atoms with Crippen molar-refractivity contribution in [1.82, 2.24) is 14.9 Å². The Labute approximate surface area is 216 Å². The quantitative estimate of drug-likeness (QED) is 0.294. The number of nitrogens with zero attached hydrogens (tertiary/aromatic N) is 2. The summed E-state index contributed by atoms with van der Waals surface area (Å²) in [7, 11) is 1.38. The summed E-state index contributed by atoms with van der Waals surface area (Å²) in [6.45, 7) is 2.77. The number of aromatic nitrogens is 2. The third-order valence-corrected chi connectivity index (χ3v) is 7.13. The number of ether oxygens (including phenoxy) is 2. The maximum atomic E-state index is 14.0. The standard InChI is InChI=1S/C26H23Cl2FN4O3/c1-13(23-18(27)4-5-19(29)24(23)28)36-22-10-15(11-31-25(22)30)14-3-6-20-16(9-14)17-12-33(26(34)35-2)8-7-21(17)32-20/h3-6,9-11,13,32H,7-8,12H2,1-2H3,(H2,30,31)/t13-/m1/s1. The number of carbonyl (C=O) groups excluding carboxylic acids is 1. The van der Waals surface area contributed by atoms with Crippen molar-refractivity contribution in [1.29, 1.82) is 0 Å². The summed E-state index contributed by atoms with van der Waals surface area (Å²) in [5.74, 6) is -0.0761. The number of anilines is 1. The first-order valence-corrected chi connectivity index (χ1v) is 12.0. The number of hydrogen-bond acceptors (Lipinski definition) is 5. The zero-order chi connectivity index (χ0) is 25.6. The molecule has 0 saturated carbocycles. The van der Waals surface area contributed by atoms with E-state index in [1.807, 2.05) is 18.2 Å². The summed E-state index contributed by atoms with van der Waals surface area (Å²) in [5.41, 5.74) is 11.3. The largest absolute Gasteiger partial charge is 0.482 e. The van der Waals surface area contributed by atoms with Crippen LogP contribution in [0.3, 0.4) is 0 Å². The van der Waals surface area contributed by atoms with Crippen LogP contribution in [0, 0.1) is 5.82 Å². The van der Waals surface area contributed by atoms with Crippen LogP contribution in [0.4, 0.5) is 15.0 Å². The van der Waals surface area contributed by atoms with E-state index >= 15 is 0 Å². The van der Waals surface area contributed by atoms with Crippen LogP contribution in [0.2, 0.25) is 10.0 Å². The van der Waals surface area contributed by atoms with Gasteiger partial charge in [-0.3, -0.25) is 0 Å². The van der Waals surface area contributed by atoms with Gasteiger partial charge in [0.15, 0.2) is 11.6 Å². The lowest BCUT2D eigenvalue weighted by Gasteiger charge is -2.25. The van der Waals surface area contributed by atoms with Crippen LogP contribution in [-0.4, -0.2) is 34.6 Å². The second-order valence-electron chi connectivity index (χ2n) is 8.61. The number of carbonyl (C=O) groups is 1. The fourth-order valence-electron chi connectivity index (χ4n) is 4.55. The average molecular weight is 529 g/mol. The molecule has 3 N–H and O–H groups in total. The van der Waals surface area contributed by atoms with Crippen molar-refractivity contribution in [3.8, 4) is 16.9 Å². The second-order valence-corrected chi connectivity index (χ2v) is 9.39. The number of nitrogens with one attached hydrogen (secondary N) is 1. The molecule has 2 aromatic carbocycles. The Kier molecular flexibility index (Phi) is 6.40. The van der Waals surface area contributed by atoms with Gasteiger partial charge in [-0.15, -0.1) is 0 Å². The smallest absolute Gasteiger partial charge is 0.409 e. The molecule has 186 valence electrons. The van der Waals surface area contributed by atoms with E-state index in [0.717, 1.165) is 39.7 Å². The number of nitrogens with two attached hydrogens (primary N) is 1. The molecule has 0 unspecified atom stereocenters. The van der Waals surface area contributed by atoms with Gasteiger partial charge in [0, 0.05) is 57.5 Å². The predicted octanol–water partition coefficient (Wildman–Crippen LogP) is 6.52. The molecule has 5 rings (SSSR count). The van der Waals surface area contributed by atoms with Crippen LogP contribution in [0.5, 0.6) is 5.75 Å². The van der Waals surface area contributed by atoms with Gasteiger partial charge in [-0.25, -0.2) is 14.2 Å². The zero-order valence-electron chi connectivity index (χ0n) is 19.6. The van der Waals surface area contributed by atoms with Gasteiger partial charge in [0.05, 0.1) is 18.7 Å². The third-order valence-electron chi connectivity index (χ3n) is 6.41. The summed E-state index contributed by atoms with van der Waals surface area (Å²) in [5, 5.41) is 1.21. The molecule has 2 aromatic heterocycles. The van der Waals surface area contributed by atoms with Crippen LogP contribution in [0.15, 0.2) is 42.6 Å². The van der Waals surface area contributed by atoms with Crippen molar-refractivity contribution in [2.24, 2.45) is 0 Å². The molecule has 10 heteroatoms. The van der Waals surface area contributed by atoms with E-state index in [-0.39, 0.29) is 16.9 Å². The number of halogens is 3. The van der Waals surface area contributed by atoms with Gasteiger partial charge in [0.1, 0.15) is 11.9 Å². The van der Waals surface area contributed by atoms with Crippen molar-refractivity contribution in [3.63, 3.8) is 0 Å². The molecule has 0 spiro atoms. The van der Waals surface area contributed by atoms with E-state index < -0.39 is 11.9 Å². The SMILES string of the molecule is COC(=O)N1CCc2[nH]c3ccc(-c4cnc(N)c(O[C@H](C)c5c(Cl)ccc(F)c5Cl)c4)cc3c2C1. The molecule has 1 aliphatic rings. The normalized spacial score (nSPS) is 14.0. The lowest BCUT2D eigenvalue weighted by Crippen LogP contribution is -2.35. The lowest BCUT2D eigenvalue weighted by molar-refractivity contribution is 0.119. The summed E-state index contributed by atoms with van der Waals surface area (Å²) in [4.78, 5) is 21.5. The van der Waals surface area contributed by atoms with Crippen molar-refractivity contribution in [3.05, 3.63) is 75.3 Å². The Bertz CT molecular complexity index is 1490. The number of aromatic amines is 1. The monoisotopic (exact) mass is 528 g/mol. The van der Waals surface area contributed by atoms with E-state index in [1.165, 1.54) is 19.2 Å². The van der Waals surface area contributed by atoms with Gasteiger partial charge in [-0.2, -0.15) is 0 Å². The van der Waals surface area contributed by atoms with Crippen LogP contribution < -0.4 is 10.5 Å². The summed E-state index contributed by atoms with van der Waals surface area (Å²) < 4.78 is 25.0. The van der Waals surface area contributed by atoms with Gasteiger partial charge in [0.25, 0.3) is 0 Å². The van der Waals surface area contributed by atoms with Crippen LogP contribution in [0.1, 0.15) is 29.8 Å². The summed E-state index contributed by atoms with van der Waals surface area (Å²) in [6, 6.07) is 10.4. The maximum absolute atomic E-state index is 14.0. The highest BCUT2D eigenvalue weighted by Gasteiger charge is 2.25. The van der Waals surface area contributed by atoms with Gasteiger partial charge in [0.2, 0.25) is 0 Å². The van der Waals surface area contributed by atoms with Crippen molar-refractivity contribution >= 4 is 46.0 Å². The minimum absolute atomic E-state index is 0.0960. The first-order valence-electron chi connectivity index (χ1n) is 11.3. The predicted molar refractivity (Wildman–Crippen MR) is 138 cm³/mol. The molecule has 0 radical (unpaired) electrons. The molecule has 0 aliphatic carbocycles. The van der Waals surface area contributed by atoms with E-state index in [9.17, 15) is 9.18 Å². The molecule has 0 bridgehead atoms. The van der Waals surface area contributed by atoms with E-state index in [1.54, 1.807) is 24.1 Å². The van der Waals surface area contributed by atoms with Gasteiger partial charge in [-0.1, -0.05) is 29.3 Å². The minimum atomic E-state index is -0.677. The van der Waals surface area contributed by atoms with E-state index in [0.29, 0.717) is 29.4 Å². The molecule has 1 atom stereocenters. The number of fused-ring (bicyclic) bond motifs is 3. The fourth-order valence-corrected chi connectivity index (χ4v) is 5.23. The van der Waals surface area contributed by atoms with Crippen LogP contribution >= 0.6 is 23.2 Å². The number of benzene rings is 2. The molecule has 36 heavy (non-hydrogen) atoms. The van der Waals surface area contributed by atoms with Crippen molar-refractivity contribution < 1.29 is 18.7 Å². The number of nitrogen functional groups attached to an aromatic ring is 1. The Hall–Kier alpha value is -3.49. The molecular weight excluding hydrogens is 506 g/mol. The van der Waals surface area contributed by atoms with Crippen molar-refractivity contribution in [2.45, 2.75) is 26.0 Å². The Morgan fingerprint density at radius 1 is 1.22 bits per heavy atom. The van der Waals surface area contributed by atoms with E-state index in [4.69, 9.17) is 38.4 Å². The van der Waals surface area contributed by atoms with Crippen LogP contribution in [-0.2, 0) is 17.7 Å². The van der Waals surface area contributed by atoms with Gasteiger partial charge >= 0.3 is 6.09 Å². The van der Waals surface area contributed by atoms with Gasteiger partial charge < -0.3 is 25.1 Å². The number of amides is 1.